The van der Waals surface area contributed by atoms with Crippen LogP contribution in [0.2, 0.25) is 0 Å². The third kappa shape index (κ3) is 3.12. The summed E-state index contributed by atoms with van der Waals surface area (Å²) in [5.41, 5.74) is -0.205. The SMILES string of the molecule is Oc1ccc(C=Cc2ccccc2C(F)(F)F)cc1O. The Bertz CT molecular complexity index is 646. The first-order valence-electron chi connectivity index (χ1n) is 5.74. The van der Waals surface area contributed by atoms with E-state index in [-0.39, 0.29) is 17.1 Å². The van der Waals surface area contributed by atoms with Crippen molar-refractivity contribution >= 4 is 12.2 Å². The number of hydrogen-bond donors (Lipinski definition) is 2. The number of aromatic hydroxyl groups is 2. The van der Waals surface area contributed by atoms with Crippen molar-refractivity contribution in [1.29, 1.82) is 0 Å². The summed E-state index contributed by atoms with van der Waals surface area (Å²) >= 11 is 0. The van der Waals surface area contributed by atoms with Gasteiger partial charge >= 0.3 is 6.18 Å². The molecule has 0 unspecified atom stereocenters. The van der Waals surface area contributed by atoms with Gasteiger partial charge in [-0.1, -0.05) is 36.4 Å². The first-order chi connectivity index (χ1) is 9.38. The topological polar surface area (TPSA) is 40.5 Å². The van der Waals surface area contributed by atoms with Crippen LogP contribution in [0.25, 0.3) is 12.2 Å². The molecule has 2 nitrogen and oxygen atoms in total. The Morgan fingerprint density at radius 1 is 0.850 bits per heavy atom. The maximum atomic E-state index is 12.8. The lowest BCUT2D eigenvalue weighted by atomic mass is 10.1. The lowest BCUT2D eigenvalue weighted by molar-refractivity contribution is -0.137. The molecular weight excluding hydrogens is 269 g/mol. The quantitative estimate of drug-likeness (QED) is 0.636. The van der Waals surface area contributed by atoms with E-state index >= 15 is 0 Å². The fraction of sp³-hybridized carbons (Fsp3) is 0.0667. The van der Waals surface area contributed by atoms with Gasteiger partial charge in [0.25, 0.3) is 0 Å². The van der Waals surface area contributed by atoms with Gasteiger partial charge in [-0.05, 0) is 29.3 Å². The Hall–Kier alpha value is -2.43. The van der Waals surface area contributed by atoms with Crippen LogP contribution >= 0.6 is 0 Å². The molecule has 0 atom stereocenters. The molecule has 0 radical (unpaired) electrons. The maximum absolute atomic E-state index is 12.8. The summed E-state index contributed by atoms with van der Waals surface area (Å²) in [7, 11) is 0. The van der Waals surface area contributed by atoms with Crippen molar-refractivity contribution in [1.82, 2.24) is 0 Å². The molecule has 0 bridgehead atoms. The average molecular weight is 280 g/mol. The standard InChI is InChI=1S/C15H11F3O2/c16-15(17,18)12-4-2-1-3-11(12)7-5-10-6-8-13(19)14(20)9-10/h1-9,19-20H. The van der Waals surface area contributed by atoms with Crippen molar-refractivity contribution < 1.29 is 23.4 Å². The molecule has 0 amide bonds. The van der Waals surface area contributed by atoms with Crippen LogP contribution in [0.5, 0.6) is 11.5 Å². The van der Waals surface area contributed by atoms with Crippen molar-refractivity contribution in [2.75, 3.05) is 0 Å². The molecule has 0 saturated heterocycles. The molecule has 0 spiro atoms. The molecule has 20 heavy (non-hydrogen) atoms. The van der Waals surface area contributed by atoms with Crippen LogP contribution in [-0.2, 0) is 6.18 Å². The average Bonchev–Trinajstić information content (AvgIpc) is 2.39. The number of phenolic OH excluding ortho intramolecular Hbond substituents is 2. The summed E-state index contributed by atoms with van der Waals surface area (Å²) in [6, 6.07) is 9.23. The molecule has 2 N–H and O–H groups in total. The summed E-state index contributed by atoms with van der Waals surface area (Å²) in [4.78, 5) is 0. The predicted molar refractivity (Wildman–Crippen MR) is 70.1 cm³/mol. The highest BCUT2D eigenvalue weighted by atomic mass is 19.4. The Balaban J connectivity index is 2.34. The van der Waals surface area contributed by atoms with Crippen LogP contribution in [0.1, 0.15) is 16.7 Å². The third-order valence-electron chi connectivity index (χ3n) is 2.72. The molecular formula is C15H11F3O2. The summed E-state index contributed by atoms with van der Waals surface area (Å²) in [6.45, 7) is 0. The van der Waals surface area contributed by atoms with E-state index in [1.807, 2.05) is 0 Å². The van der Waals surface area contributed by atoms with E-state index in [9.17, 15) is 18.3 Å². The predicted octanol–water partition coefficient (Wildman–Crippen LogP) is 4.29. The van der Waals surface area contributed by atoms with Gasteiger partial charge in [0, 0.05) is 0 Å². The number of hydrogen-bond acceptors (Lipinski definition) is 2. The van der Waals surface area contributed by atoms with Crippen LogP contribution in [-0.4, -0.2) is 10.2 Å². The van der Waals surface area contributed by atoms with Crippen LogP contribution in [0.4, 0.5) is 13.2 Å². The van der Waals surface area contributed by atoms with Gasteiger partial charge in [-0.3, -0.25) is 0 Å². The molecule has 0 saturated carbocycles. The van der Waals surface area contributed by atoms with Gasteiger partial charge in [-0.2, -0.15) is 13.2 Å². The van der Waals surface area contributed by atoms with Crippen LogP contribution in [0, 0.1) is 0 Å². The second kappa shape index (κ2) is 5.28. The molecule has 0 aliphatic heterocycles. The highest BCUT2D eigenvalue weighted by molar-refractivity contribution is 5.72. The van der Waals surface area contributed by atoms with Crippen molar-refractivity contribution in [2.24, 2.45) is 0 Å². The molecule has 2 aromatic carbocycles. The number of alkyl halides is 3. The summed E-state index contributed by atoms with van der Waals surface area (Å²) < 4.78 is 38.4. The number of rotatable bonds is 2. The monoisotopic (exact) mass is 280 g/mol. The minimum Gasteiger partial charge on any atom is -0.504 e. The fourth-order valence-corrected chi connectivity index (χ4v) is 1.73. The molecule has 104 valence electrons. The first-order valence-corrected chi connectivity index (χ1v) is 5.74. The summed E-state index contributed by atoms with van der Waals surface area (Å²) in [5, 5.41) is 18.5. The van der Waals surface area contributed by atoms with Gasteiger partial charge in [-0.25, -0.2) is 0 Å². The van der Waals surface area contributed by atoms with Crippen LogP contribution in [0.3, 0.4) is 0 Å². The normalized spacial score (nSPS) is 11.9. The highest BCUT2D eigenvalue weighted by Gasteiger charge is 2.32. The molecule has 2 aromatic rings. The molecule has 5 heteroatoms. The largest absolute Gasteiger partial charge is 0.504 e. The number of halogens is 3. The zero-order chi connectivity index (χ0) is 14.8. The van der Waals surface area contributed by atoms with Crippen LogP contribution in [0.15, 0.2) is 42.5 Å². The van der Waals surface area contributed by atoms with E-state index in [0.29, 0.717) is 5.56 Å². The zero-order valence-electron chi connectivity index (χ0n) is 10.2. The second-order valence-electron chi connectivity index (χ2n) is 4.17. The Morgan fingerprint density at radius 3 is 2.20 bits per heavy atom. The highest BCUT2D eigenvalue weighted by Crippen LogP contribution is 2.33. The fourth-order valence-electron chi connectivity index (χ4n) is 1.73. The van der Waals surface area contributed by atoms with Crippen molar-refractivity contribution in [3.8, 4) is 11.5 Å². The van der Waals surface area contributed by atoms with E-state index in [2.05, 4.69) is 0 Å². The van der Waals surface area contributed by atoms with E-state index < -0.39 is 11.7 Å². The minimum absolute atomic E-state index is 0.0348. The van der Waals surface area contributed by atoms with E-state index in [1.54, 1.807) is 0 Å². The lowest BCUT2D eigenvalue weighted by Gasteiger charge is -2.09. The van der Waals surface area contributed by atoms with Gasteiger partial charge in [0.15, 0.2) is 11.5 Å². The molecule has 0 aliphatic carbocycles. The van der Waals surface area contributed by atoms with Crippen molar-refractivity contribution in [3.63, 3.8) is 0 Å². The lowest BCUT2D eigenvalue weighted by Crippen LogP contribution is -2.06. The maximum Gasteiger partial charge on any atom is 0.416 e. The van der Waals surface area contributed by atoms with Gasteiger partial charge in [0.1, 0.15) is 0 Å². The number of benzene rings is 2. The molecule has 0 aliphatic rings. The Labute approximate surface area is 113 Å². The number of phenols is 2. The van der Waals surface area contributed by atoms with E-state index in [0.717, 1.165) is 6.07 Å². The summed E-state index contributed by atoms with van der Waals surface area (Å²) in [5.74, 6) is -0.603. The molecule has 0 aromatic heterocycles. The zero-order valence-corrected chi connectivity index (χ0v) is 10.2. The third-order valence-corrected chi connectivity index (χ3v) is 2.72. The van der Waals surface area contributed by atoms with Gasteiger partial charge in [0.2, 0.25) is 0 Å². The van der Waals surface area contributed by atoms with Crippen LogP contribution < -0.4 is 0 Å². The molecule has 0 fully saturated rings. The van der Waals surface area contributed by atoms with Crippen molar-refractivity contribution in [3.05, 3.63) is 59.2 Å². The molecule has 2 rings (SSSR count). The van der Waals surface area contributed by atoms with Gasteiger partial charge < -0.3 is 10.2 Å². The second-order valence-corrected chi connectivity index (χ2v) is 4.17. The molecule has 0 heterocycles. The van der Waals surface area contributed by atoms with E-state index in [1.165, 1.54) is 48.6 Å². The minimum atomic E-state index is -4.42. The Morgan fingerprint density at radius 2 is 1.55 bits per heavy atom. The Kier molecular flexibility index (Phi) is 3.70. The van der Waals surface area contributed by atoms with Gasteiger partial charge in [0.05, 0.1) is 5.56 Å². The first kappa shape index (κ1) is 14.0. The van der Waals surface area contributed by atoms with Crippen molar-refractivity contribution in [2.45, 2.75) is 6.18 Å². The smallest absolute Gasteiger partial charge is 0.416 e. The van der Waals surface area contributed by atoms with Gasteiger partial charge in [-0.15, -0.1) is 0 Å². The summed E-state index contributed by atoms with van der Waals surface area (Å²) in [6.07, 6.45) is -1.67. The van der Waals surface area contributed by atoms with E-state index in [4.69, 9.17) is 5.11 Å².